The van der Waals surface area contributed by atoms with Gasteiger partial charge in [0.1, 0.15) is 0 Å². The molecule has 7 heteroatoms. The Morgan fingerprint density at radius 1 is 1.44 bits per heavy atom. The first kappa shape index (κ1) is 13.3. The van der Waals surface area contributed by atoms with Crippen molar-refractivity contribution < 1.29 is 9.47 Å². The Bertz CT molecular complexity index is 418. The van der Waals surface area contributed by atoms with Crippen LogP contribution in [0.25, 0.3) is 0 Å². The summed E-state index contributed by atoms with van der Waals surface area (Å²) in [5.74, 6) is 0.550. The lowest BCUT2D eigenvalue weighted by molar-refractivity contribution is 0.0292. The van der Waals surface area contributed by atoms with Crippen LogP contribution in [-0.2, 0) is 4.74 Å². The second-order valence-electron chi connectivity index (χ2n) is 4.25. The molecule has 0 bridgehead atoms. The van der Waals surface area contributed by atoms with Gasteiger partial charge in [-0.25, -0.2) is 0 Å². The standard InChI is InChI=1S/C11H17ClN4O2/c1-4-8-6-18-7(2)5-16(8)10-13-9(12)14-11(15-10)17-3/h7-8H,4-6H2,1-3H3. The summed E-state index contributed by atoms with van der Waals surface area (Å²) in [6.07, 6.45) is 1.10. The molecule has 1 saturated heterocycles. The van der Waals surface area contributed by atoms with Crippen LogP contribution in [-0.4, -0.2) is 47.4 Å². The molecule has 0 spiro atoms. The summed E-state index contributed by atoms with van der Waals surface area (Å²) in [4.78, 5) is 14.4. The van der Waals surface area contributed by atoms with E-state index >= 15 is 0 Å². The van der Waals surface area contributed by atoms with E-state index < -0.39 is 0 Å². The Morgan fingerprint density at radius 2 is 2.22 bits per heavy atom. The number of nitrogens with zero attached hydrogens (tertiary/aromatic N) is 4. The molecule has 1 aromatic heterocycles. The zero-order valence-electron chi connectivity index (χ0n) is 10.8. The molecule has 2 unspecified atom stereocenters. The first-order chi connectivity index (χ1) is 8.63. The van der Waals surface area contributed by atoms with Crippen molar-refractivity contribution >= 4 is 17.5 Å². The minimum atomic E-state index is 0.144. The van der Waals surface area contributed by atoms with Gasteiger partial charge in [-0.2, -0.15) is 15.0 Å². The molecule has 0 N–H and O–H groups in total. The maximum atomic E-state index is 5.88. The van der Waals surface area contributed by atoms with Crippen LogP contribution in [0.4, 0.5) is 5.95 Å². The summed E-state index contributed by atoms with van der Waals surface area (Å²) in [5.41, 5.74) is 0. The Balaban J connectivity index is 2.29. The predicted molar refractivity (Wildman–Crippen MR) is 68.2 cm³/mol. The smallest absolute Gasteiger partial charge is 0.322 e. The van der Waals surface area contributed by atoms with Crippen molar-refractivity contribution in [3.63, 3.8) is 0 Å². The molecule has 100 valence electrons. The first-order valence-corrected chi connectivity index (χ1v) is 6.35. The number of aromatic nitrogens is 3. The van der Waals surface area contributed by atoms with Gasteiger partial charge in [0.15, 0.2) is 0 Å². The largest absolute Gasteiger partial charge is 0.467 e. The van der Waals surface area contributed by atoms with Gasteiger partial charge in [-0.05, 0) is 24.9 Å². The predicted octanol–water partition coefficient (Wildman–Crippen LogP) is 1.54. The highest BCUT2D eigenvalue weighted by molar-refractivity contribution is 6.28. The highest BCUT2D eigenvalue weighted by atomic mass is 35.5. The molecule has 0 amide bonds. The number of halogens is 1. The van der Waals surface area contributed by atoms with Gasteiger partial charge in [0.05, 0.1) is 25.9 Å². The fourth-order valence-corrected chi connectivity index (χ4v) is 2.12. The summed E-state index contributed by atoms with van der Waals surface area (Å²) in [6, 6.07) is 0.489. The summed E-state index contributed by atoms with van der Waals surface area (Å²) in [5, 5.41) is 0.144. The normalized spacial score (nSPS) is 24.1. The van der Waals surface area contributed by atoms with E-state index in [-0.39, 0.29) is 23.4 Å². The van der Waals surface area contributed by atoms with Crippen LogP contribution in [0.2, 0.25) is 5.28 Å². The van der Waals surface area contributed by atoms with Crippen molar-refractivity contribution in [1.82, 2.24) is 15.0 Å². The molecule has 6 nitrogen and oxygen atoms in total. The second kappa shape index (κ2) is 5.67. The molecule has 0 aromatic carbocycles. The zero-order chi connectivity index (χ0) is 13.1. The van der Waals surface area contributed by atoms with Crippen molar-refractivity contribution in [1.29, 1.82) is 0 Å². The van der Waals surface area contributed by atoms with Crippen molar-refractivity contribution in [2.75, 3.05) is 25.2 Å². The average molecular weight is 273 g/mol. The Labute approximate surface area is 111 Å². The van der Waals surface area contributed by atoms with Crippen LogP contribution in [0.3, 0.4) is 0 Å². The number of methoxy groups -OCH3 is 1. The fraction of sp³-hybridized carbons (Fsp3) is 0.727. The van der Waals surface area contributed by atoms with E-state index in [1.54, 1.807) is 0 Å². The van der Waals surface area contributed by atoms with E-state index in [9.17, 15) is 0 Å². The SMILES string of the molecule is CCC1COC(C)CN1c1nc(Cl)nc(OC)n1. The van der Waals surface area contributed by atoms with Crippen LogP contribution in [0.1, 0.15) is 20.3 Å². The van der Waals surface area contributed by atoms with Crippen molar-refractivity contribution in [3.05, 3.63) is 5.28 Å². The van der Waals surface area contributed by atoms with E-state index in [0.717, 1.165) is 13.0 Å². The van der Waals surface area contributed by atoms with Gasteiger partial charge in [-0.1, -0.05) is 6.92 Å². The number of anilines is 1. The van der Waals surface area contributed by atoms with Gasteiger partial charge in [0.25, 0.3) is 0 Å². The fourth-order valence-electron chi connectivity index (χ4n) is 1.97. The summed E-state index contributed by atoms with van der Waals surface area (Å²) >= 11 is 5.88. The number of morpholine rings is 1. The van der Waals surface area contributed by atoms with Crippen LogP contribution in [0.5, 0.6) is 6.01 Å². The number of hydrogen-bond donors (Lipinski definition) is 0. The Hall–Kier alpha value is -1.14. The van der Waals surface area contributed by atoms with Gasteiger partial charge in [-0.3, -0.25) is 0 Å². The van der Waals surface area contributed by atoms with E-state index in [0.29, 0.717) is 12.6 Å². The van der Waals surface area contributed by atoms with Gasteiger partial charge < -0.3 is 14.4 Å². The third kappa shape index (κ3) is 2.81. The van der Waals surface area contributed by atoms with Crippen LogP contribution < -0.4 is 9.64 Å². The monoisotopic (exact) mass is 272 g/mol. The van der Waals surface area contributed by atoms with E-state index in [2.05, 4.69) is 26.8 Å². The molecule has 1 aliphatic rings. The quantitative estimate of drug-likeness (QED) is 0.832. The lowest BCUT2D eigenvalue weighted by Gasteiger charge is -2.38. The van der Waals surface area contributed by atoms with Gasteiger partial charge in [0.2, 0.25) is 11.2 Å². The molecule has 1 fully saturated rings. The van der Waals surface area contributed by atoms with Crippen molar-refractivity contribution in [3.8, 4) is 6.01 Å². The highest BCUT2D eigenvalue weighted by Gasteiger charge is 2.28. The van der Waals surface area contributed by atoms with Gasteiger partial charge in [-0.15, -0.1) is 0 Å². The summed E-state index contributed by atoms with van der Waals surface area (Å²) in [7, 11) is 1.51. The molecule has 0 radical (unpaired) electrons. The lowest BCUT2D eigenvalue weighted by atomic mass is 10.1. The molecule has 1 aliphatic heterocycles. The van der Waals surface area contributed by atoms with Gasteiger partial charge in [0, 0.05) is 6.54 Å². The summed E-state index contributed by atoms with van der Waals surface area (Å²) in [6.45, 7) is 5.54. The lowest BCUT2D eigenvalue weighted by Crippen LogP contribution is -2.49. The third-order valence-electron chi connectivity index (χ3n) is 2.95. The molecule has 18 heavy (non-hydrogen) atoms. The minimum Gasteiger partial charge on any atom is -0.467 e. The maximum Gasteiger partial charge on any atom is 0.322 e. The molecular weight excluding hydrogens is 256 g/mol. The third-order valence-corrected chi connectivity index (χ3v) is 3.12. The van der Waals surface area contributed by atoms with Crippen LogP contribution in [0, 0.1) is 0 Å². The molecule has 2 heterocycles. The summed E-state index contributed by atoms with van der Waals surface area (Å²) < 4.78 is 10.7. The maximum absolute atomic E-state index is 5.88. The van der Waals surface area contributed by atoms with Crippen LogP contribution >= 0.6 is 11.6 Å². The van der Waals surface area contributed by atoms with Gasteiger partial charge >= 0.3 is 6.01 Å². The molecule has 2 rings (SSSR count). The molecule has 0 saturated carbocycles. The highest BCUT2D eigenvalue weighted by Crippen LogP contribution is 2.22. The Kier molecular flexibility index (Phi) is 4.19. The first-order valence-electron chi connectivity index (χ1n) is 5.97. The molecular formula is C11H17ClN4O2. The Morgan fingerprint density at radius 3 is 2.89 bits per heavy atom. The van der Waals surface area contributed by atoms with Crippen molar-refractivity contribution in [2.45, 2.75) is 32.4 Å². The zero-order valence-corrected chi connectivity index (χ0v) is 11.5. The molecule has 1 aromatic rings. The topological polar surface area (TPSA) is 60.4 Å². The van der Waals surface area contributed by atoms with Crippen molar-refractivity contribution in [2.24, 2.45) is 0 Å². The average Bonchev–Trinajstić information content (AvgIpc) is 2.38. The minimum absolute atomic E-state index is 0.144. The number of ether oxygens (including phenoxy) is 2. The van der Waals surface area contributed by atoms with E-state index in [1.165, 1.54) is 7.11 Å². The second-order valence-corrected chi connectivity index (χ2v) is 4.59. The van der Waals surface area contributed by atoms with Crippen LogP contribution in [0.15, 0.2) is 0 Å². The molecule has 0 aliphatic carbocycles. The van der Waals surface area contributed by atoms with E-state index in [1.807, 2.05) is 6.92 Å². The number of hydrogen-bond acceptors (Lipinski definition) is 6. The number of rotatable bonds is 3. The molecule has 2 atom stereocenters. The van der Waals surface area contributed by atoms with E-state index in [4.69, 9.17) is 21.1 Å².